The van der Waals surface area contributed by atoms with Gasteiger partial charge in [-0.15, -0.1) is 0 Å². The highest BCUT2D eigenvalue weighted by Crippen LogP contribution is 2.29. The number of carbonyl (C=O) groups is 2. The second-order valence-corrected chi connectivity index (χ2v) is 11.3. The van der Waals surface area contributed by atoms with Crippen LogP contribution in [0.4, 0.5) is 0 Å². The van der Waals surface area contributed by atoms with E-state index in [-0.39, 0.29) is 35.3 Å². The topological polar surface area (TPSA) is 88.5 Å². The standard InChI is InChI=1S/C24H31N3O4S/c1-17-14-22(18(2)27(17)21-10-13-32(30,31)16-21)23(28)15-26-11-8-20(9-12-26)25-24(29)19-6-4-3-5-7-19/h3-7,14,20-21H,8-13,15-16H2,1-2H3,(H,25,29). The van der Waals surface area contributed by atoms with E-state index in [9.17, 15) is 18.0 Å². The van der Waals surface area contributed by atoms with Gasteiger partial charge in [0.15, 0.2) is 15.6 Å². The maximum absolute atomic E-state index is 13.0. The van der Waals surface area contributed by atoms with E-state index in [0.717, 1.165) is 37.3 Å². The number of benzene rings is 1. The molecule has 2 fully saturated rings. The van der Waals surface area contributed by atoms with Crippen LogP contribution in [0.15, 0.2) is 36.4 Å². The maximum Gasteiger partial charge on any atom is 0.251 e. The highest BCUT2D eigenvalue weighted by atomic mass is 32.2. The number of sulfone groups is 1. The number of amides is 1. The van der Waals surface area contributed by atoms with Gasteiger partial charge in [0.05, 0.1) is 18.1 Å². The molecule has 3 heterocycles. The SMILES string of the molecule is Cc1cc(C(=O)CN2CCC(NC(=O)c3ccccc3)CC2)c(C)n1C1CCS(=O)(=O)C1. The molecule has 2 aliphatic rings. The Morgan fingerprint density at radius 1 is 1.06 bits per heavy atom. The number of rotatable bonds is 6. The van der Waals surface area contributed by atoms with E-state index in [0.29, 0.717) is 24.1 Å². The minimum Gasteiger partial charge on any atom is -0.349 e. The summed E-state index contributed by atoms with van der Waals surface area (Å²) < 4.78 is 25.8. The number of hydrogen-bond donors (Lipinski definition) is 1. The second kappa shape index (κ2) is 9.19. The molecule has 0 bridgehead atoms. The molecule has 172 valence electrons. The predicted molar refractivity (Wildman–Crippen MR) is 124 cm³/mol. The Hall–Kier alpha value is -2.45. The first-order valence-electron chi connectivity index (χ1n) is 11.2. The lowest BCUT2D eigenvalue weighted by atomic mass is 10.0. The average Bonchev–Trinajstić information content (AvgIpc) is 3.27. The predicted octanol–water partition coefficient (Wildman–Crippen LogP) is 2.54. The van der Waals surface area contributed by atoms with Crippen LogP contribution in [-0.4, -0.2) is 66.8 Å². The van der Waals surface area contributed by atoms with E-state index >= 15 is 0 Å². The zero-order chi connectivity index (χ0) is 22.9. The van der Waals surface area contributed by atoms with Gasteiger partial charge in [0.25, 0.3) is 5.91 Å². The molecule has 0 aliphatic carbocycles. The van der Waals surface area contributed by atoms with Crippen molar-refractivity contribution in [2.45, 2.75) is 45.2 Å². The molecule has 2 aromatic rings. The van der Waals surface area contributed by atoms with Crippen LogP contribution in [0.25, 0.3) is 0 Å². The first-order valence-corrected chi connectivity index (χ1v) is 13.1. The summed E-state index contributed by atoms with van der Waals surface area (Å²) in [6.45, 7) is 5.70. The number of carbonyl (C=O) groups excluding carboxylic acids is 2. The number of hydrogen-bond acceptors (Lipinski definition) is 5. The molecule has 7 nitrogen and oxygen atoms in total. The van der Waals surface area contributed by atoms with E-state index in [1.807, 2.05) is 42.7 Å². The molecule has 2 saturated heterocycles. The smallest absolute Gasteiger partial charge is 0.251 e. The van der Waals surface area contributed by atoms with Gasteiger partial charge in [0, 0.05) is 47.7 Å². The fraction of sp³-hybridized carbons (Fsp3) is 0.500. The summed E-state index contributed by atoms with van der Waals surface area (Å²) in [7, 11) is -2.99. The highest BCUT2D eigenvalue weighted by Gasteiger charge is 2.32. The molecule has 0 saturated carbocycles. The zero-order valence-corrected chi connectivity index (χ0v) is 19.5. The van der Waals surface area contributed by atoms with Crippen LogP contribution in [0.1, 0.15) is 57.4 Å². The molecule has 8 heteroatoms. The van der Waals surface area contributed by atoms with Crippen LogP contribution >= 0.6 is 0 Å². The summed E-state index contributed by atoms with van der Waals surface area (Å²) in [6, 6.07) is 11.1. The van der Waals surface area contributed by atoms with Crippen molar-refractivity contribution < 1.29 is 18.0 Å². The number of Topliss-reactive ketones (excluding diaryl/α,β-unsaturated/α-hetero) is 1. The van der Waals surface area contributed by atoms with E-state index in [1.54, 1.807) is 12.1 Å². The van der Waals surface area contributed by atoms with Gasteiger partial charge in [-0.25, -0.2) is 8.42 Å². The van der Waals surface area contributed by atoms with E-state index in [2.05, 4.69) is 10.2 Å². The molecule has 1 N–H and O–H groups in total. The van der Waals surface area contributed by atoms with Crippen molar-refractivity contribution in [2.75, 3.05) is 31.1 Å². The molecule has 32 heavy (non-hydrogen) atoms. The van der Waals surface area contributed by atoms with Crippen LogP contribution < -0.4 is 5.32 Å². The number of aromatic nitrogens is 1. The third-order valence-electron chi connectivity index (χ3n) is 6.68. The number of piperidine rings is 1. The van der Waals surface area contributed by atoms with Gasteiger partial charge in [-0.3, -0.25) is 14.5 Å². The van der Waals surface area contributed by atoms with Crippen LogP contribution in [-0.2, 0) is 9.84 Å². The molecular formula is C24H31N3O4S. The van der Waals surface area contributed by atoms with Crippen molar-refractivity contribution >= 4 is 21.5 Å². The summed E-state index contributed by atoms with van der Waals surface area (Å²) in [5.41, 5.74) is 3.15. The molecular weight excluding hydrogens is 426 g/mol. The normalized spacial score (nSPS) is 21.5. The van der Waals surface area contributed by atoms with Gasteiger partial charge < -0.3 is 9.88 Å². The first-order chi connectivity index (χ1) is 15.2. The van der Waals surface area contributed by atoms with Gasteiger partial charge >= 0.3 is 0 Å². The van der Waals surface area contributed by atoms with Crippen LogP contribution in [0.2, 0.25) is 0 Å². The summed E-state index contributed by atoms with van der Waals surface area (Å²) in [6.07, 6.45) is 2.23. The summed E-state index contributed by atoms with van der Waals surface area (Å²) in [5, 5.41) is 3.10. The fourth-order valence-corrected chi connectivity index (χ4v) is 6.68. The van der Waals surface area contributed by atoms with E-state index in [4.69, 9.17) is 0 Å². The summed E-state index contributed by atoms with van der Waals surface area (Å²) in [4.78, 5) is 27.5. The lowest BCUT2D eigenvalue weighted by molar-refractivity contribution is 0.0858. The van der Waals surface area contributed by atoms with Gasteiger partial charge in [-0.2, -0.15) is 0 Å². The van der Waals surface area contributed by atoms with Crippen molar-refractivity contribution in [3.05, 3.63) is 58.9 Å². The number of nitrogens with one attached hydrogen (secondary N) is 1. The summed E-state index contributed by atoms with van der Waals surface area (Å²) in [5.74, 6) is 0.380. The van der Waals surface area contributed by atoms with Crippen molar-refractivity contribution in [2.24, 2.45) is 0 Å². The van der Waals surface area contributed by atoms with Crippen molar-refractivity contribution in [1.82, 2.24) is 14.8 Å². The Morgan fingerprint density at radius 2 is 1.75 bits per heavy atom. The molecule has 0 radical (unpaired) electrons. The quantitative estimate of drug-likeness (QED) is 0.674. The van der Waals surface area contributed by atoms with Crippen LogP contribution in [0.5, 0.6) is 0 Å². The molecule has 1 unspecified atom stereocenters. The van der Waals surface area contributed by atoms with E-state index < -0.39 is 9.84 Å². The zero-order valence-electron chi connectivity index (χ0n) is 18.7. The number of likely N-dealkylation sites (tertiary alicyclic amines) is 1. The molecule has 1 amide bonds. The minimum atomic E-state index is -2.99. The van der Waals surface area contributed by atoms with E-state index in [1.165, 1.54) is 0 Å². The Labute approximate surface area is 189 Å². The maximum atomic E-state index is 13.0. The number of nitrogens with zero attached hydrogens (tertiary/aromatic N) is 2. The molecule has 4 rings (SSSR count). The minimum absolute atomic E-state index is 0.0542. The Kier molecular flexibility index (Phi) is 6.53. The molecule has 0 spiro atoms. The molecule has 1 atom stereocenters. The van der Waals surface area contributed by atoms with Gasteiger partial charge in [-0.1, -0.05) is 18.2 Å². The van der Waals surface area contributed by atoms with Gasteiger partial charge in [0.2, 0.25) is 0 Å². The lowest BCUT2D eigenvalue weighted by Gasteiger charge is -2.31. The Balaban J connectivity index is 1.33. The first kappa shape index (κ1) is 22.7. The summed E-state index contributed by atoms with van der Waals surface area (Å²) >= 11 is 0. The largest absolute Gasteiger partial charge is 0.349 e. The Bertz CT molecular complexity index is 1100. The van der Waals surface area contributed by atoms with Crippen molar-refractivity contribution in [3.8, 4) is 0 Å². The lowest BCUT2D eigenvalue weighted by Crippen LogP contribution is -2.46. The Morgan fingerprint density at radius 3 is 2.38 bits per heavy atom. The fourth-order valence-electron chi connectivity index (χ4n) is 4.98. The van der Waals surface area contributed by atoms with Gasteiger partial charge in [-0.05, 0) is 51.3 Å². The third kappa shape index (κ3) is 4.96. The van der Waals surface area contributed by atoms with Crippen LogP contribution in [0.3, 0.4) is 0 Å². The van der Waals surface area contributed by atoms with Crippen molar-refractivity contribution in [3.63, 3.8) is 0 Å². The molecule has 2 aliphatic heterocycles. The van der Waals surface area contributed by atoms with Crippen molar-refractivity contribution in [1.29, 1.82) is 0 Å². The molecule has 1 aromatic carbocycles. The highest BCUT2D eigenvalue weighted by molar-refractivity contribution is 7.91. The number of aryl methyl sites for hydroxylation is 1. The average molecular weight is 458 g/mol. The monoisotopic (exact) mass is 457 g/mol. The number of ketones is 1. The molecule has 1 aromatic heterocycles. The van der Waals surface area contributed by atoms with Crippen LogP contribution in [0, 0.1) is 13.8 Å². The van der Waals surface area contributed by atoms with Gasteiger partial charge in [0.1, 0.15) is 0 Å². The third-order valence-corrected chi connectivity index (χ3v) is 8.43. The second-order valence-electron chi connectivity index (χ2n) is 9.02.